The second-order valence-corrected chi connectivity index (χ2v) is 4.47. The van der Waals surface area contributed by atoms with E-state index in [1.54, 1.807) is 6.07 Å². The Balaban J connectivity index is 2.99. The van der Waals surface area contributed by atoms with Gasteiger partial charge in [0.2, 0.25) is 0 Å². The van der Waals surface area contributed by atoms with Crippen LogP contribution in [0.5, 0.6) is 0 Å². The average molecular weight is 272 g/mol. The van der Waals surface area contributed by atoms with Gasteiger partial charge < -0.3 is 5.11 Å². The second-order valence-electron chi connectivity index (χ2n) is 3.61. The van der Waals surface area contributed by atoms with Gasteiger partial charge in [-0.2, -0.15) is 0 Å². The molecule has 0 spiro atoms. The molecule has 0 aliphatic carbocycles. The first-order chi connectivity index (χ1) is 7.02. The van der Waals surface area contributed by atoms with Gasteiger partial charge in [-0.15, -0.1) is 0 Å². The lowest BCUT2D eigenvalue weighted by atomic mass is 10.1. The van der Waals surface area contributed by atoms with E-state index in [-0.39, 0.29) is 6.04 Å². The van der Waals surface area contributed by atoms with Gasteiger partial charge in [-0.05, 0) is 25.5 Å². The number of rotatable bonds is 4. The Morgan fingerprint density at radius 3 is 2.47 bits per heavy atom. The van der Waals surface area contributed by atoms with E-state index in [9.17, 15) is 4.79 Å². The van der Waals surface area contributed by atoms with Crippen molar-refractivity contribution in [3.8, 4) is 0 Å². The van der Waals surface area contributed by atoms with Crippen molar-refractivity contribution in [1.82, 2.24) is 5.32 Å². The van der Waals surface area contributed by atoms with Gasteiger partial charge in [0.1, 0.15) is 6.04 Å². The zero-order valence-corrected chi connectivity index (χ0v) is 10.3. The van der Waals surface area contributed by atoms with Crippen LogP contribution in [0.25, 0.3) is 0 Å². The minimum Gasteiger partial charge on any atom is -0.480 e. The molecule has 0 radical (unpaired) electrons. The number of halogens is 1. The Morgan fingerprint density at radius 2 is 2.00 bits per heavy atom. The van der Waals surface area contributed by atoms with Crippen molar-refractivity contribution >= 4 is 21.9 Å². The van der Waals surface area contributed by atoms with E-state index >= 15 is 0 Å². The molecule has 0 saturated carbocycles. The van der Waals surface area contributed by atoms with E-state index in [4.69, 9.17) is 5.11 Å². The van der Waals surface area contributed by atoms with Crippen LogP contribution in [0.1, 0.15) is 25.5 Å². The van der Waals surface area contributed by atoms with Crippen LogP contribution in [0.2, 0.25) is 0 Å². The van der Waals surface area contributed by atoms with Crippen molar-refractivity contribution in [1.29, 1.82) is 0 Å². The smallest absolute Gasteiger partial charge is 0.325 e. The molecule has 4 heteroatoms. The highest BCUT2D eigenvalue weighted by molar-refractivity contribution is 9.10. The summed E-state index contributed by atoms with van der Waals surface area (Å²) in [4.78, 5) is 11.1. The van der Waals surface area contributed by atoms with Crippen molar-refractivity contribution in [2.45, 2.75) is 25.9 Å². The van der Waals surface area contributed by atoms with E-state index in [1.807, 2.05) is 32.0 Å². The highest BCUT2D eigenvalue weighted by Gasteiger charge is 2.21. The van der Waals surface area contributed by atoms with Gasteiger partial charge >= 0.3 is 5.97 Å². The number of carbonyl (C=O) groups is 1. The lowest BCUT2D eigenvalue weighted by Gasteiger charge is -2.18. The van der Waals surface area contributed by atoms with Crippen LogP contribution >= 0.6 is 15.9 Å². The minimum absolute atomic E-state index is 0.123. The summed E-state index contributed by atoms with van der Waals surface area (Å²) in [6, 6.07) is 6.80. The Labute approximate surface area is 97.6 Å². The first-order valence-electron chi connectivity index (χ1n) is 4.75. The van der Waals surface area contributed by atoms with Crippen LogP contribution in [0, 0.1) is 0 Å². The monoisotopic (exact) mass is 271 g/mol. The summed E-state index contributed by atoms with van der Waals surface area (Å²) in [5.74, 6) is -0.865. The first-order valence-corrected chi connectivity index (χ1v) is 5.55. The molecule has 0 bridgehead atoms. The van der Waals surface area contributed by atoms with E-state index in [0.717, 1.165) is 10.0 Å². The van der Waals surface area contributed by atoms with Crippen molar-refractivity contribution in [3.05, 3.63) is 34.3 Å². The molecule has 15 heavy (non-hydrogen) atoms. The maximum absolute atomic E-state index is 11.1. The van der Waals surface area contributed by atoms with Crippen LogP contribution in [-0.2, 0) is 4.79 Å². The van der Waals surface area contributed by atoms with Gasteiger partial charge in [0.05, 0.1) is 0 Å². The molecule has 0 fully saturated rings. The van der Waals surface area contributed by atoms with E-state index in [2.05, 4.69) is 21.2 Å². The predicted molar refractivity (Wildman–Crippen MR) is 62.8 cm³/mol. The van der Waals surface area contributed by atoms with Gasteiger partial charge in [-0.1, -0.05) is 34.1 Å². The summed E-state index contributed by atoms with van der Waals surface area (Å²) in [5.41, 5.74) is 0.749. The zero-order chi connectivity index (χ0) is 11.4. The van der Waals surface area contributed by atoms with Crippen molar-refractivity contribution < 1.29 is 9.90 Å². The molecule has 0 aromatic heterocycles. The molecule has 2 N–H and O–H groups in total. The SMILES string of the molecule is CC(C)NC(C(=O)O)c1ccccc1Br. The fraction of sp³-hybridized carbons (Fsp3) is 0.364. The van der Waals surface area contributed by atoms with Gasteiger partial charge in [-0.3, -0.25) is 10.1 Å². The van der Waals surface area contributed by atoms with Gasteiger partial charge in [0, 0.05) is 10.5 Å². The molecular weight excluding hydrogens is 258 g/mol. The zero-order valence-electron chi connectivity index (χ0n) is 8.70. The second kappa shape index (κ2) is 5.28. The molecule has 1 aromatic carbocycles. The third kappa shape index (κ3) is 3.32. The highest BCUT2D eigenvalue weighted by Crippen LogP contribution is 2.23. The number of benzene rings is 1. The summed E-state index contributed by atoms with van der Waals surface area (Å²) in [6.45, 7) is 3.85. The fourth-order valence-electron chi connectivity index (χ4n) is 1.34. The fourth-order valence-corrected chi connectivity index (χ4v) is 1.85. The van der Waals surface area contributed by atoms with Crippen LogP contribution in [-0.4, -0.2) is 17.1 Å². The van der Waals surface area contributed by atoms with Crippen LogP contribution in [0.15, 0.2) is 28.7 Å². The molecule has 1 aromatic rings. The molecular formula is C11H14BrNO2. The molecule has 0 saturated heterocycles. The number of hydrogen-bond acceptors (Lipinski definition) is 2. The lowest BCUT2D eigenvalue weighted by molar-refractivity contribution is -0.139. The predicted octanol–water partition coefficient (Wildman–Crippen LogP) is 2.57. The third-order valence-electron chi connectivity index (χ3n) is 1.96. The van der Waals surface area contributed by atoms with Gasteiger partial charge in [0.15, 0.2) is 0 Å². The Hall–Kier alpha value is -0.870. The van der Waals surface area contributed by atoms with Crippen LogP contribution in [0.4, 0.5) is 0 Å². The van der Waals surface area contributed by atoms with Crippen molar-refractivity contribution in [2.75, 3.05) is 0 Å². The molecule has 82 valence electrons. The van der Waals surface area contributed by atoms with E-state index < -0.39 is 12.0 Å². The molecule has 0 heterocycles. The Bertz CT molecular complexity index is 352. The molecule has 3 nitrogen and oxygen atoms in total. The largest absolute Gasteiger partial charge is 0.480 e. The molecule has 1 rings (SSSR count). The number of hydrogen-bond donors (Lipinski definition) is 2. The Morgan fingerprint density at radius 1 is 1.40 bits per heavy atom. The molecule has 0 aliphatic rings. The summed E-state index contributed by atoms with van der Waals surface area (Å²) < 4.78 is 0.811. The number of nitrogens with one attached hydrogen (secondary N) is 1. The molecule has 1 atom stereocenters. The van der Waals surface area contributed by atoms with Crippen LogP contribution < -0.4 is 5.32 Å². The summed E-state index contributed by atoms with van der Waals surface area (Å²) in [7, 11) is 0. The molecule has 0 aliphatic heterocycles. The molecule has 0 amide bonds. The summed E-state index contributed by atoms with van der Waals surface area (Å²) >= 11 is 3.35. The van der Waals surface area contributed by atoms with Gasteiger partial charge in [0.25, 0.3) is 0 Å². The quantitative estimate of drug-likeness (QED) is 0.885. The standard InChI is InChI=1S/C11H14BrNO2/c1-7(2)13-10(11(14)15)8-5-3-4-6-9(8)12/h3-7,10,13H,1-2H3,(H,14,15). The lowest BCUT2D eigenvalue weighted by Crippen LogP contribution is -2.33. The third-order valence-corrected chi connectivity index (χ3v) is 2.69. The summed E-state index contributed by atoms with van der Waals surface area (Å²) in [5, 5.41) is 12.1. The molecule has 1 unspecified atom stereocenters. The average Bonchev–Trinajstić information content (AvgIpc) is 2.15. The topological polar surface area (TPSA) is 49.3 Å². The maximum atomic E-state index is 11.1. The summed E-state index contributed by atoms with van der Waals surface area (Å²) in [6.07, 6.45) is 0. The maximum Gasteiger partial charge on any atom is 0.325 e. The van der Waals surface area contributed by atoms with E-state index in [1.165, 1.54) is 0 Å². The number of carboxylic acid groups (broad SMARTS) is 1. The van der Waals surface area contributed by atoms with Crippen molar-refractivity contribution in [2.24, 2.45) is 0 Å². The minimum atomic E-state index is -0.865. The normalized spacial score (nSPS) is 12.8. The number of aliphatic carboxylic acids is 1. The van der Waals surface area contributed by atoms with Crippen LogP contribution in [0.3, 0.4) is 0 Å². The highest BCUT2D eigenvalue weighted by atomic mass is 79.9. The van der Waals surface area contributed by atoms with Crippen molar-refractivity contribution in [3.63, 3.8) is 0 Å². The van der Waals surface area contributed by atoms with Gasteiger partial charge in [-0.25, -0.2) is 0 Å². The van der Waals surface area contributed by atoms with E-state index in [0.29, 0.717) is 0 Å². The Kier molecular flexibility index (Phi) is 4.29. The number of carboxylic acids is 1. The first kappa shape index (κ1) is 12.2.